The topological polar surface area (TPSA) is 148 Å². The molecule has 0 amide bonds. The number of benzene rings is 1. The van der Waals surface area contributed by atoms with E-state index in [2.05, 4.69) is 5.16 Å². The number of sulfone groups is 1. The normalized spacial score (nSPS) is 12.5. The maximum atomic E-state index is 12.6. The number of carboxylic acids is 2. The summed E-state index contributed by atoms with van der Waals surface area (Å²) in [4.78, 5) is 21.7. The Hall–Kier alpha value is -2.95. The van der Waals surface area contributed by atoms with Crippen molar-refractivity contribution in [2.45, 2.75) is 22.4 Å². The van der Waals surface area contributed by atoms with Crippen LogP contribution in [0.4, 0.5) is 0 Å². The van der Waals surface area contributed by atoms with Gasteiger partial charge in [0.25, 0.3) is 9.84 Å². The lowest BCUT2D eigenvalue weighted by Gasteiger charge is -2.08. The first-order valence-electron chi connectivity index (χ1n) is 6.51. The Balaban J connectivity index is 2.45. The molecule has 1 unspecified atom stereocenters. The first-order chi connectivity index (χ1) is 11.2. The van der Waals surface area contributed by atoms with Gasteiger partial charge in [-0.3, -0.25) is 4.79 Å². The van der Waals surface area contributed by atoms with E-state index in [-0.39, 0.29) is 4.90 Å². The molecular formula is C13H13N2O8S+. The summed E-state index contributed by atoms with van der Waals surface area (Å²) in [5, 5.41) is 20.6. The van der Waals surface area contributed by atoms with Gasteiger partial charge in [0, 0.05) is 0 Å². The van der Waals surface area contributed by atoms with E-state index in [1.165, 1.54) is 31.3 Å². The molecule has 0 bridgehead atoms. The molecule has 1 aromatic heterocycles. The minimum Gasteiger partial charge on any atom is -0.481 e. The van der Waals surface area contributed by atoms with Crippen molar-refractivity contribution in [3.8, 4) is 5.88 Å². The van der Waals surface area contributed by atoms with Crippen molar-refractivity contribution < 1.29 is 42.3 Å². The molecule has 0 spiro atoms. The van der Waals surface area contributed by atoms with Gasteiger partial charge in [0.15, 0.2) is 0 Å². The van der Waals surface area contributed by atoms with E-state index in [1.807, 2.05) is 0 Å². The summed E-state index contributed by atoms with van der Waals surface area (Å²) in [5.74, 6) is -3.64. The number of rotatable bonds is 7. The standard InChI is InChI=1S/C13H12N2O8S/c1-15-12(24(20,21)8-5-3-2-4-6-8)11(14-23-15)22-9(13(18)19)7-10(16)17/h2-6,9H,7H2,1H3,(H-,16,17,18,19)/p+1. The van der Waals surface area contributed by atoms with Crippen LogP contribution in [0.5, 0.6) is 5.88 Å². The zero-order chi connectivity index (χ0) is 17.9. The fraction of sp³-hybridized carbons (Fsp3) is 0.231. The van der Waals surface area contributed by atoms with Gasteiger partial charge in [-0.25, -0.2) is 13.2 Å². The van der Waals surface area contributed by atoms with Gasteiger partial charge in [0.1, 0.15) is 7.05 Å². The van der Waals surface area contributed by atoms with Crippen LogP contribution in [0, 0.1) is 0 Å². The molecular weight excluding hydrogens is 344 g/mol. The van der Waals surface area contributed by atoms with Crippen LogP contribution in [-0.4, -0.2) is 41.8 Å². The lowest BCUT2D eigenvalue weighted by molar-refractivity contribution is -0.882. The molecule has 2 aromatic rings. The highest BCUT2D eigenvalue weighted by Gasteiger charge is 2.40. The minimum absolute atomic E-state index is 0.0845. The molecule has 24 heavy (non-hydrogen) atoms. The predicted octanol–water partition coefficient (Wildman–Crippen LogP) is -0.361. The zero-order valence-corrected chi connectivity index (χ0v) is 13.1. The van der Waals surface area contributed by atoms with E-state index in [4.69, 9.17) is 19.6 Å². The first kappa shape index (κ1) is 17.4. The molecule has 0 saturated heterocycles. The second kappa shape index (κ2) is 6.66. The smallest absolute Gasteiger partial charge is 0.441 e. The van der Waals surface area contributed by atoms with Gasteiger partial charge in [-0.15, -0.1) is 0 Å². The molecule has 1 atom stereocenters. The Kier molecular flexibility index (Phi) is 4.83. The number of hydrogen-bond donors (Lipinski definition) is 2. The van der Waals surface area contributed by atoms with E-state index in [0.717, 1.165) is 4.74 Å². The molecule has 0 saturated carbocycles. The number of carbonyl (C=O) groups is 2. The molecule has 2 rings (SSSR count). The summed E-state index contributed by atoms with van der Waals surface area (Å²) in [5.41, 5.74) is 0. The van der Waals surface area contributed by atoms with Crippen LogP contribution in [-0.2, 0) is 26.5 Å². The van der Waals surface area contributed by atoms with Gasteiger partial charge in [0.05, 0.1) is 11.3 Å². The van der Waals surface area contributed by atoms with Gasteiger partial charge in [-0.05, 0) is 16.9 Å². The Morgan fingerprint density at radius 3 is 2.46 bits per heavy atom. The quantitative estimate of drug-likeness (QED) is 0.633. The maximum Gasteiger partial charge on any atom is 0.441 e. The van der Waals surface area contributed by atoms with Crippen LogP contribution in [0.25, 0.3) is 0 Å². The molecule has 0 aliphatic carbocycles. The monoisotopic (exact) mass is 357 g/mol. The molecule has 0 fully saturated rings. The van der Waals surface area contributed by atoms with Crippen LogP contribution < -0.4 is 9.48 Å². The van der Waals surface area contributed by atoms with E-state index in [9.17, 15) is 18.0 Å². The molecule has 0 radical (unpaired) electrons. The van der Waals surface area contributed by atoms with E-state index >= 15 is 0 Å². The number of aryl methyl sites for hydroxylation is 1. The number of ether oxygens (including phenoxy) is 1. The Morgan fingerprint density at radius 2 is 1.92 bits per heavy atom. The molecule has 0 aliphatic rings. The van der Waals surface area contributed by atoms with Crippen molar-refractivity contribution in [2.24, 2.45) is 7.05 Å². The third-order valence-electron chi connectivity index (χ3n) is 2.91. The molecule has 10 nitrogen and oxygen atoms in total. The lowest BCUT2D eigenvalue weighted by Crippen LogP contribution is -2.34. The van der Waals surface area contributed by atoms with Crippen molar-refractivity contribution in [3.05, 3.63) is 30.3 Å². The number of nitrogens with zero attached hydrogens (tertiary/aromatic N) is 2. The number of carboxylic acid groups (broad SMARTS) is 2. The molecule has 0 aliphatic heterocycles. The fourth-order valence-electron chi connectivity index (χ4n) is 1.85. The average Bonchev–Trinajstić information content (AvgIpc) is 2.88. The molecule has 2 N–H and O–H groups in total. The lowest BCUT2D eigenvalue weighted by atomic mass is 10.2. The van der Waals surface area contributed by atoms with E-state index in [1.54, 1.807) is 6.07 Å². The van der Waals surface area contributed by atoms with Crippen LogP contribution in [0.15, 0.2) is 44.9 Å². The summed E-state index contributed by atoms with van der Waals surface area (Å²) in [6, 6.07) is 7.30. The van der Waals surface area contributed by atoms with Crippen LogP contribution >= 0.6 is 0 Å². The summed E-state index contributed by atoms with van der Waals surface area (Å²) in [7, 11) is -2.88. The largest absolute Gasteiger partial charge is 0.481 e. The van der Waals surface area contributed by atoms with Crippen molar-refractivity contribution >= 4 is 21.8 Å². The second-order valence-corrected chi connectivity index (χ2v) is 6.50. The van der Waals surface area contributed by atoms with Crippen molar-refractivity contribution in [1.82, 2.24) is 5.16 Å². The van der Waals surface area contributed by atoms with Gasteiger partial charge < -0.3 is 14.9 Å². The zero-order valence-electron chi connectivity index (χ0n) is 12.3. The predicted molar refractivity (Wildman–Crippen MR) is 73.9 cm³/mol. The fourth-order valence-corrected chi connectivity index (χ4v) is 3.28. The minimum atomic E-state index is -4.12. The molecule has 1 aromatic carbocycles. The van der Waals surface area contributed by atoms with Crippen LogP contribution in [0.3, 0.4) is 0 Å². The molecule has 11 heteroatoms. The van der Waals surface area contributed by atoms with Crippen molar-refractivity contribution in [2.75, 3.05) is 0 Å². The SMILES string of the molecule is C[n+]1onc(OC(CC(=O)O)C(=O)O)c1S(=O)(=O)c1ccccc1. The number of hydrogen-bond acceptors (Lipinski definition) is 7. The summed E-state index contributed by atoms with van der Waals surface area (Å²) < 4.78 is 35.8. The van der Waals surface area contributed by atoms with Crippen LogP contribution in [0.1, 0.15) is 6.42 Å². The molecule has 1 heterocycles. The van der Waals surface area contributed by atoms with Crippen molar-refractivity contribution in [3.63, 3.8) is 0 Å². The van der Waals surface area contributed by atoms with Gasteiger partial charge in [-0.1, -0.05) is 22.8 Å². The highest BCUT2D eigenvalue weighted by Crippen LogP contribution is 2.25. The van der Waals surface area contributed by atoms with Gasteiger partial charge in [0.2, 0.25) is 11.3 Å². The van der Waals surface area contributed by atoms with Gasteiger partial charge in [-0.2, -0.15) is 0 Å². The third kappa shape index (κ3) is 3.51. The Bertz CT molecular complexity index is 859. The summed E-state index contributed by atoms with van der Waals surface area (Å²) in [6.45, 7) is 0. The number of aromatic nitrogens is 2. The first-order valence-corrected chi connectivity index (χ1v) is 7.99. The van der Waals surface area contributed by atoms with E-state index in [0.29, 0.717) is 0 Å². The Morgan fingerprint density at radius 1 is 1.29 bits per heavy atom. The van der Waals surface area contributed by atoms with Crippen molar-refractivity contribution in [1.29, 1.82) is 0 Å². The van der Waals surface area contributed by atoms with Crippen LogP contribution in [0.2, 0.25) is 0 Å². The average molecular weight is 357 g/mol. The van der Waals surface area contributed by atoms with Gasteiger partial charge >= 0.3 is 22.8 Å². The number of aliphatic carboxylic acids is 2. The summed E-state index contributed by atoms with van der Waals surface area (Å²) in [6.07, 6.45) is -2.70. The Labute approximate surface area is 135 Å². The maximum absolute atomic E-state index is 12.6. The molecule has 128 valence electrons. The highest BCUT2D eigenvalue weighted by atomic mass is 32.2. The second-order valence-electron chi connectivity index (χ2n) is 4.64. The third-order valence-corrected chi connectivity index (χ3v) is 4.75. The summed E-state index contributed by atoms with van der Waals surface area (Å²) >= 11 is 0. The highest BCUT2D eigenvalue weighted by molar-refractivity contribution is 7.91. The van der Waals surface area contributed by atoms with E-state index < -0.39 is 45.2 Å².